The minimum Gasteiger partial charge on any atom is -0.342 e. The van der Waals surface area contributed by atoms with Gasteiger partial charge in [-0.2, -0.15) is 10.2 Å². The van der Waals surface area contributed by atoms with E-state index in [9.17, 15) is 4.79 Å². The van der Waals surface area contributed by atoms with Gasteiger partial charge in [-0.15, -0.1) is 0 Å². The van der Waals surface area contributed by atoms with Gasteiger partial charge in [0, 0.05) is 31.4 Å². The molecular weight excluding hydrogens is 340 g/mol. The van der Waals surface area contributed by atoms with Crippen molar-refractivity contribution >= 4 is 5.91 Å². The van der Waals surface area contributed by atoms with Crippen molar-refractivity contribution in [3.05, 3.63) is 53.9 Å². The Morgan fingerprint density at radius 1 is 1.19 bits per heavy atom. The highest BCUT2D eigenvalue weighted by Crippen LogP contribution is 2.23. The minimum atomic E-state index is -0.176. The molecule has 0 aliphatic heterocycles. The first-order chi connectivity index (χ1) is 12.8. The molecule has 0 aliphatic carbocycles. The van der Waals surface area contributed by atoms with Crippen molar-refractivity contribution in [2.75, 3.05) is 0 Å². The molecule has 7 nitrogen and oxygen atoms in total. The van der Waals surface area contributed by atoms with E-state index >= 15 is 0 Å². The molecule has 0 saturated heterocycles. The number of carbonyl (C=O) groups excluding carboxylic acids is 1. The van der Waals surface area contributed by atoms with Gasteiger partial charge >= 0.3 is 0 Å². The summed E-state index contributed by atoms with van der Waals surface area (Å²) < 4.78 is 3.50. The average molecular weight is 366 g/mol. The van der Waals surface area contributed by atoms with Crippen LogP contribution in [0.1, 0.15) is 48.2 Å². The van der Waals surface area contributed by atoms with Crippen LogP contribution in [0, 0.1) is 12.8 Å². The molecule has 1 amide bonds. The molecule has 1 atom stereocenters. The van der Waals surface area contributed by atoms with Gasteiger partial charge in [0.1, 0.15) is 12.2 Å². The Hall–Kier alpha value is -2.96. The van der Waals surface area contributed by atoms with Gasteiger partial charge in [0.2, 0.25) is 0 Å². The van der Waals surface area contributed by atoms with Crippen LogP contribution >= 0.6 is 0 Å². The van der Waals surface area contributed by atoms with Gasteiger partial charge in [0.05, 0.1) is 11.7 Å². The van der Waals surface area contributed by atoms with Crippen molar-refractivity contribution in [2.24, 2.45) is 20.0 Å². The molecule has 0 spiro atoms. The Kier molecular flexibility index (Phi) is 5.39. The van der Waals surface area contributed by atoms with Crippen molar-refractivity contribution in [1.29, 1.82) is 0 Å². The number of hydrogen-bond donors (Lipinski definition) is 1. The maximum absolute atomic E-state index is 12.8. The molecule has 7 heteroatoms. The Morgan fingerprint density at radius 2 is 1.89 bits per heavy atom. The van der Waals surface area contributed by atoms with E-state index in [4.69, 9.17) is 0 Å². The van der Waals surface area contributed by atoms with Gasteiger partial charge in [0.25, 0.3) is 5.91 Å². The summed E-state index contributed by atoms with van der Waals surface area (Å²) in [5.74, 6) is 1.07. The molecule has 27 heavy (non-hydrogen) atoms. The maximum Gasteiger partial charge on any atom is 0.251 e. The van der Waals surface area contributed by atoms with Crippen LogP contribution in [0.15, 0.2) is 36.8 Å². The summed E-state index contributed by atoms with van der Waals surface area (Å²) in [6, 6.07) is 7.43. The Labute approximate surface area is 159 Å². The summed E-state index contributed by atoms with van der Waals surface area (Å²) in [5, 5.41) is 11.6. The SMILES string of the molecule is Cc1nn(C)cc1-c1ccc(C(=O)N[C@H](CC(C)C)c2ncnn2C)cc1. The molecule has 3 aromatic rings. The van der Waals surface area contributed by atoms with E-state index in [1.54, 1.807) is 9.36 Å². The summed E-state index contributed by atoms with van der Waals surface area (Å²) in [6.07, 6.45) is 4.29. The molecule has 3 rings (SSSR count). The highest BCUT2D eigenvalue weighted by atomic mass is 16.1. The van der Waals surface area contributed by atoms with Crippen LogP contribution in [0.4, 0.5) is 0 Å². The van der Waals surface area contributed by atoms with E-state index < -0.39 is 0 Å². The van der Waals surface area contributed by atoms with Crippen molar-refractivity contribution < 1.29 is 4.79 Å². The first-order valence-electron chi connectivity index (χ1n) is 9.10. The lowest BCUT2D eigenvalue weighted by Crippen LogP contribution is -2.31. The second kappa shape index (κ2) is 7.73. The zero-order valence-electron chi connectivity index (χ0n) is 16.5. The van der Waals surface area contributed by atoms with E-state index in [0.717, 1.165) is 29.1 Å². The average Bonchev–Trinajstić information content (AvgIpc) is 3.18. The number of carbonyl (C=O) groups is 1. The monoisotopic (exact) mass is 366 g/mol. The molecule has 2 heterocycles. The third-order valence-corrected chi connectivity index (χ3v) is 4.54. The summed E-state index contributed by atoms with van der Waals surface area (Å²) in [4.78, 5) is 17.1. The van der Waals surface area contributed by atoms with Crippen LogP contribution in [0.25, 0.3) is 11.1 Å². The summed E-state index contributed by atoms with van der Waals surface area (Å²) in [5.41, 5.74) is 3.70. The molecule has 1 N–H and O–H groups in total. The van der Waals surface area contributed by atoms with Crippen molar-refractivity contribution in [2.45, 2.75) is 33.2 Å². The normalized spacial score (nSPS) is 12.4. The van der Waals surface area contributed by atoms with Crippen LogP contribution in [-0.4, -0.2) is 30.5 Å². The molecule has 0 radical (unpaired) electrons. The topological polar surface area (TPSA) is 77.6 Å². The van der Waals surface area contributed by atoms with E-state index in [1.165, 1.54) is 6.33 Å². The largest absolute Gasteiger partial charge is 0.342 e. The van der Waals surface area contributed by atoms with E-state index in [2.05, 4.69) is 34.3 Å². The van der Waals surface area contributed by atoms with Crippen LogP contribution in [-0.2, 0) is 14.1 Å². The quantitative estimate of drug-likeness (QED) is 0.727. The van der Waals surface area contributed by atoms with Crippen molar-refractivity contribution in [3.63, 3.8) is 0 Å². The van der Waals surface area contributed by atoms with Gasteiger partial charge in [-0.1, -0.05) is 26.0 Å². The van der Waals surface area contributed by atoms with Gasteiger partial charge in [-0.3, -0.25) is 14.2 Å². The molecular formula is C20H26N6O. The lowest BCUT2D eigenvalue weighted by Gasteiger charge is -2.20. The maximum atomic E-state index is 12.8. The predicted octanol–water partition coefficient (Wildman–Crippen LogP) is 3.04. The summed E-state index contributed by atoms with van der Waals surface area (Å²) in [6.45, 7) is 6.23. The smallest absolute Gasteiger partial charge is 0.251 e. The summed E-state index contributed by atoms with van der Waals surface area (Å²) in [7, 11) is 3.74. The second-order valence-electron chi connectivity index (χ2n) is 7.28. The molecule has 0 bridgehead atoms. The summed E-state index contributed by atoms with van der Waals surface area (Å²) >= 11 is 0. The van der Waals surface area contributed by atoms with Gasteiger partial charge < -0.3 is 5.32 Å². The van der Waals surface area contributed by atoms with E-state index in [0.29, 0.717) is 11.5 Å². The van der Waals surface area contributed by atoms with Crippen LogP contribution in [0.5, 0.6) is 0 Å². The first kappa shape index (κ1) is 18.8. The predicted molar refractivity (Wildman–Crippen MR) is 104 cm³/mol. The molecule has 1 aromatic carbocycles. The number of benzene rings is 1. The van der Waals surface area contributed by atoms with E-state index in [1.807, 2.05) is 51.5 Å². The van der Waals surface area contributed by atoms with Crippen LogP contribution in [0.3, 0.4) is 0 Å². The third-order valence-electron chi connectivity index (χ3n) is 4.54. The fraction of sp³-hybridized carbons (Fsp3) is 0.400. The molecule has 142 valence electrons. The second-order valence-corrected chi connectivity index (χ2v) is 7.28. The number of rotatable bonds is 6. The Bertz CT molecular complexity index is 922. The molecule has 0 fully saturated rings. The first-order valence-corrected chi connectivity index (χ1v) is 9.10. The minimum absolute atomic E-state index is 0.113. The lowest BCUT2D eigenvalue weighted by molar-refractivity contribution is 0.0929. The molecule has 0 saturated carbocycles. The molecule has 2 aromatic heterocycles. The number of amides is 1. The number of nitrogens with one attached hydrogen (secondary N) is 1. The number of hydrogen-bond acceptors (Lipinski definition) is 4. The lowest BCUT2D eigenvalue weighted by atomic mass is 10.0. The number of aromatic nitrogens is 5. The van der Waals surface area contributed by atoms with Gasteiger partial charge in [-0.05, 0) is 37.0 Å². The van der Waals surface area contributed by atoms with Crippen molar-refractivity contribution in [1.82, 2.24) is 29.9 Å². The standard InChI is InChI=1S/C20H26N6O/c1-13(2)10-18(19-21-12-22-26(19)5)23-20(27)16-8-6-15(7-9-16)17-11-25(4)24-14(17)3/h6-9,11-13,18H,10H2,1-5H3,(H,23,27)/t18-/m1/s1. The highest BCUT2D eigenvalue weighted by Gasteiger charge is 2.21. The Morgan fingerprint density at radius 3 is 2.41 bits per heavy atom. The number of nitrogens with zero attached hydrogens (tertiary/aromatic N) is 5. The number of aryl methyl sites for hydroxylation is 3. The van der Waals surface area contributed by atoms with E-state index in [-0.39, 0.29) is 11.9 Å². The molecule has 0 unspecified atom stereocenters. The van der Waals surface area contributed by atoms with Crippen LogP contribution < -0.4 is 5.32 Å². The fourth-order valence-electron chi connectivity index (χ4n) is 3.25. The Balaban J connectivity index is 1.78. The third kappa shape index (κ3) is 4.24. The zero-order valence-corrected chi connectivity index (χ0v) is 16.5. The van der Waals surface area contributed by atoms with Gasteiger partial charge in [-0.25, -0.2) is 4.98 Å². The van der Waals surface area contributed by atoms with Gasteiger partial charge in [0.15, 0.2) is 0 Å². The zero-order chi connectivity index (χ0) is 19.6. The fourth-order valence-corrected chi connectivity index (χ4v) is 3.25. The molecule has 0 aliphatic rings. The van der Waals surface area contributed by atoms with Crippen LogP contribution in [0.2, 0.25) is 0 Å². The highest BCUT2D eigenvalue weighted by molar-refractivity contribution is 5.94. The van der Waals surface area contributed by atoms with Crippen molar-refractivity contribution in [3.8, 4) is 11.1 Å².